The maximum Gasteiger partial charge on any atom is 0.160 e. The van der Waals surface area contributed by atoms with Crippen LogP contribution in [0.5, 0.6) is 0 Å². The van der Waals surface area contributed by atoms with Crippen molar-refractivity contribution in [2.45, 2.75) is 38.5 Å². The Morgan fingerprint density at radius 2 is 0.904 bits per heavy atom. The second kappa shape index (κ2) is 11.2. The normalized spacial score (nSPS) is 14.5. The van der Waals surface area contributed by atoms with E-state index in [1.807, 2.05) is 6.07 Å². The first-order valence-electron chi connectivity index (χ1n) is 18.2. The van der Waals surface area contributed by atoms with Crippen molar-refractivity contribution < 1.29 is 0 Å². The SMILES string of the molecule is CC1(C)c2ccccc2-c2ccc(-c3cc(-c4ccc(-c5cccc6c5-c5cc7ccccc7cc5C6(C)C)cc4)nc(-c4ccccc4)n3)cc21. The first kappa shape index (κ1) is 30.7. The summed E-state index contributed by atoms with van der Waals surface area (Å²) in [6, 6.07) is 57.4. The summed E-state index contributed by atoms with van der Waals surface area (Å²) in [5.41, 5.74) is 18.1. The van der Waals surface area contributed by atoms with Gasteiger partial charge < -0.3 is 0 Å². The molecule has 0 bridgehead atoms. The van der Waals surface area contributed by atoms with E-state index in [1.54, 1.807) is 0 Å². The van der Waals surface area contributed by atoms with Gasteiger partial charge >= 0.3 is 0 Å². The van der Waals surface area contributed by atoms with Gasteiger partial charge in [0, 0.05) is 27.5 Å². The predicted molar refractivity (Wildman–Crippen MR) is 216 cm³/mol. The van der Waals surface area contributed by atoms with Crippen molar-refractivity contribution in [3.05, 3.63) is 180 Å². The van der Waals surface area contributed by atoms with Crippen LogP contribution in [0, 0.1) is 0 Å². The van der Waals surface area contributed by atoms with E-state index in [2.05, 4.69) is 179 Å². The molecule has 0 amide bonds. The Bertz CT molecular complexity index is 2720. The summed E-state index contributed by atoms with van der Waals surface area (Å²) < 4.78 is 0. The summed E-state index contributed by atoms with van der Waals surface area (Å²) in [4.78, 5) is 10.3. The van der Waals surface area contributed by atoms with Crippen LogP contribution in [0.15, 0.2) is 158 Å². The van der Waals surface area contributed by atoms with Gasteiger partial charge in [-0.1, -0.05) is 161 Å². The summed E-state index contributed by atoms with van der Waals surface area (Å²) in [6.45, 7) is 9.37. The molecular weight excluding hydrogens is 629 g/mol. The van der Waals surface area contributed by atoms with E-state index in [0.717, 1.165) is 33.9 Å². The quantitative estimate of drug-likeness (QED) is 0.187. The number of hydrogen-bond acceptors (Lipinski definition) is 2. The molecule has 2 heteroatoms. The van der Waals surface area contributed by atoms with Gasteiger partial charge in [-0.05, 0) is 90.7 Å². The van der Waals surface area contributed by atoms with Crippen LogP contribution in [0.2, 0.25) is 0 Å². The molecule has 0 N–H and O–H groups in total. The third-order valence-corrected chi connectivity index (χ3v) is 11.7. The lowest BCUT2D eigenvalue weighted by Gasteiger charge is -2.22. The summed E-state index contributed by atoms with van der Waals surface area (Å²) in [6.07, 6.45) is 0. The van der Waals surface area contributed by atoms with E-state index in [9.17, 15) is 0 Å². The molecule has 0 fully saturated rings. The molecule has 0 aliphatic heterocycles. The second-order valence-corrected chi connectivity index (χ2v) is 15.4. The zero-order valence-electron chi connectivity index (χ0n) is 29.9. The molecule has 0 saturated carbocycles. The zero-order valence-corrected chi connectivity index (χ0v) is 29.9. The fraction of sp³-hybridized carbons (Fsp3) is 0.120. The lowest BCUT2D eigenvalue weighted by molar-refractivity contribution is 0.660. The highest BCUT2D eigenvalue weighted by Crippen LogP contribution is 2.53. The van der Waals surface area contributed by atoms with Crippen LogP contribution in [0.4, 0.5) is 0 Å². The van der Waals surface area contributed by atoms with Crippen LogP contribution in [-0.2, 0) is 10.8 Å². The number of fused-ring (bicyclic) bond motifs is 7. The molecule has 2 nitrogen and oxygen atoms in total. The highest BCUT2D eigenvalue weighted by molar-refractivity contribution is 5.98. The third-order valence-electron chi connectivity index (χ3n) is 11.7. The van der Waals surface area contributed by atoms with Crippen molar-refractivity contribution in [2.75, 3.05) is 0 Å². The van der Waals surface area contributed by atoms with Gasteiger partial charge in [-0.2, -0.15) is 0 Å². The molecule has 0 saturated heterocycles. The van der Waals surface area contributed by atoms with Crippen LogP contribution in [0.1, 0.15) is 49.9 Å². The van der Waals surface area contributed by atoms with E-state index < -0.39 is 0 Å². The summed E-state index contributed by atoms with van der Waals surface area (Å²) in [7, 11) is 0. The minimum Gasteiger partial charge on any atom is -0.228 e. The van der Waals surface area contributed by atoms with Gasteiger partial charge in [0.1, 0.15) is 0 Å². The molecule has 7 aromatic carbocycles. The first-order chi connectivity index (χ1) is 25.3. The van der Waals surface area contributed by atoms with Gasteiger partial charge in [0.15, 0.2) is 5.82 Å². The maximum absolute atomic E-state index is 5.17. The van der Waals surface area contributed by atoms with Crippen LogP contribution in [0.3, 0.4) is 0 Å². The predicted octanol–water partition coefficient (Wildman–Crippen LogP) is 12.9. The monoisotopic (exact) mass is 666 g/mol. The van der Waals surface area contributed by atoms with E-state index in [0.29, 0.717) is 0 Å². The molecule has 52 heavy (non-hydrogen) atoms. The summed E-state index contributed by atoms with van der Waals surface area (Å²) >= 11 is 0. The Kier molecular flexibility index (Phi) is 6.60. The van der Waals surface area contributed by atoms with Gasteiger partial charge in [0.25, 0.3) is 0 Å². The molecule has 1 heterocycles. The Hall–Kier alpha value is -6.12. The molecule has 2 aliphatic carbocycles. The molecule has 0 spiro atoms. The molecule has 2 aliphatic rings. The molecule has 10 rings (SSSR count). The Balaban J connectivity index is 1.08. The smallest absolute Gasteiger partial charge is 0.160 e. The third kappa shape index (κ3) is 4.57. The Morgan fingerprint density at radius 3 is 1.69 bits per heavy atom. The summed E-state index contributed by atoms with van der Waals surface area (Å²) in [5, 5.41) is 2.57. The molecule has 0 unspecified atom stereocenters. The second-order valence-electron chi connectivity index (χ2n) is 15.4. The van der Waals surface area contributed by atoms with Gasteiger partial charge in [0.05, 0.1) is 11.4 Å². The van der Waals surface area contributed by atoms with Crippen molar-refractivity contribution in [1.82, 2.24) is 9.97 Å². The van der Waals surface area contributed by atoms with Crippen LogP contribution >= 0.6 is 0 Å². The lowest BCUT2D eigenvalue weighted by Crippen LogP contribution is -2.14. The largest absolute Gasteiger partial charge is 0.228 e. The molecule has 8 aromatic rings. The van der Waals surface area contributed by atoms with Gasteiger partial charge in [-0.25, -0.2) is 9.97 Å². The van der Waals surface area contributed by atoms with Gasteiger partial charge in [-0.3, -0.25) is 0 Å². The molecule has 248 valence electrons. The van der Waals surface area contributed by atoms with Gasteiger partial charge in [0.2, 0.25) is 0 Å². The number of aromatic nitrogens is 2. The highest BCUT2D eigenvalue weighted by Gasteiger charge is 2.37. The van der Waals surface area contributed by atoms with E-state index in [4.69, 9.17) is 9.97 Å². The van der Waals surface area contributed by atoms with E-state index in [1.165, 1.54) is 66.4 Å². The molecule has 0 radical (unpaired) electrons. The van der Waals surface area contributed by atoms with Crippen molar-refractivity contribution in [2.24, 2.45) is 0 Å². The fourth-order valence-electron chi connectivity index (χ4n) is 8.86. The number of benzene rings is 7. The van der Waals surface area contributed by atoms with Crippen molar-refractivity contribution in [3.63, 3.8) is 0 Å². The average Bonchev–Trinajstić information content (AvgIpc) is 3.56. The highest BCUT2D eigenvalue weighted by atomic mass is 14.9. The maximum atomic E-state index is 5.17. The van der Waals surface area contributed by atoms with Crippen LogP contribution < -0.4 is 0 Å². The summed E-state index contributed by atoms with van der Waals surface area (Å²) in [5.74, 6) is 0.729. The average molecular weight is 667 g/mol. The lowest BCUT2D eigenvalue weighted by atomic mass is 9.81. The van der Waals surface area contributed by atoms with Crippen molar-refractivity contribution >= 4 is 10.8 Å². The fourth-order valence-corrected chi connectivity index (χ4v) is 8.86. The number of nitrogens with zero attached hydrogens (tertiary/aromatic N) is 2. The molecule has 1 aromatic heterocycles. The topological polar surface area (TPSA) is 25.8 Å². The minimum absolute atomic E-state index is 0.0780. The standard InChI is InChI=1S/C50H38N2/c1-49(2)41-19-11-10-17-38(41)39-26-25-36(29-43(39)49)46-30-45(51-48(52-46)33-13-6-5-7-14-33)32-23-21-31(22-24-32)37-18-12-20-42-47(37)40-27-34-15-8-9-16-35(34)28-44(40)50(42,3)4/h5-30H,1-4H3. The first-order valence-corrected chi connectivity index (χ1v) is 18.2. The van der Waals surface area contributed by atoms with Crippen molar-refractivity contribution in [1.29, 1.82) is 0 Å². The Morgan fingerprint density at radius 1 is 0.346 bits per heavy atom. The van der Waals surface area contributed by atoms with E-state index >= 15 is 0 Å². The molecule has 0 atom stereocenters. The van der Waals surface area contributed by atoms with Crippen LogP contribution in [0.25, 0.3) is 78.1 Å². The molecular formula is C50H38N2. The minimum atomic E-state index is -0.0870. The van der Waals surface area contributed by atoms with E-state index in [-0.39, 0.29) is 10.8 Å². The van der Waals surface area contributed by atoms with Gasteiger partial charge in [-0.15, -0.1) is 0 Å². The zero-order chi connectivity index (χ0) is 35.2. The van der Waals surface area contributed by atoms with Crippen molar-refractivity contribution in [3.8, 4) is 67.3 Å². The number of rotatable bonds is 4. The number of hydrogen-bond donors (Lipinski definition) is 0. The Labute approximate surface area is 305 Å². The van der Waals surface area contributed by atoms with Crippen LogP contribution in [-0.4, -0.2) is 9.97 Å².